The number of nitrogens with zero attached hydrogens (tertiary/aromatic N) is 3. The smallest absolute Gasteiger partial charge is 0.241 e. The zero-order chi connectivity index (χ0) is 13.1. The first kappa shape index (κ1) is 12.5. The van der Waals surface area contributed by atoms with Crippen LogP contribution in [0, 0.1) is 5.92 Å². The molecule has 0 aromatic carbocycles. The normalized spacial score (nSPS) is 20.5. The van der Waals surface area contributed by atoms with Crippen LogP contribution >= 0.6 is 11.3 Å². The number of thiophene rings is 1. The number of aromatic nitrogens is 2. The van der Waals surface area contributed by atoms with Gasteiger partial charge in [0.15, 0.2) is 0 Å². The van der Waals surface area contributed by atoms with E-state index in [4.69, 9.17) is 4.52 Å². The highest BCUT2D eigenvalue weighted by molar-refractivity contribution is 7.08. The van der Waals surface area contributed by atoms with Gasteiger partial charge >= 0.3 is 0 Å². The molecule has 1 saturated heterocycles. The Labute approximate surface area is 115 Å². The Kier molecular flexibility index (Phi) is 3.70. The molecule has 0 amide bonds. The summed E-state index contributed by atoms with van der Waals surface area (Å²) in [6, 6.07) is 1.97. The predicted octanol–water partition coefficient (Wildman–Crippen LogP) is 2.21. The number of piperidine rings is 1. The van der Waals surface area contributed by atoms with E-state index in [0.717, 1.165) is 37.8 Å². The molecule has 3 heterocycles. The summed E-state index contributed by atoms with van der Waals surface area (Å²) < 4.78 is 5.27. The number of hydrogen-bond donors (Lipinski definition) is 0. The first-order chi connectivity index (χ1) is 9.35. The second kappa shape index (κ2) is 5.63. The SMILES string of the molecule is O=CC1CCCN(Cc2nc(-c3ccsc3)no2)C1. The lowest BCUT2D eigenvalue weighted by Gasteiger charge is -2.28. The van der Waals surface area contributed by atoms with E-state index in [2.05, 4.69) is 15.0 Å². The fraction of sp³-hybridized carbons (Fsp3) is 0.462. The number of rotatable bonds is 4. The molecule has 1 aliphatic heterocycles. The molecule has 1 fully saturated rings. The summed E-state index contributed by atoms with van der Waals surface area (Å²) in [5.41, 5.74) is 0.990. The average Bonchev–Trinajstić information content (AvgIpc) is 3.09. The molecule has 2 aromatic heterocycles. The lowest BCUT2D eigenvalue weighted by Crippen LogP contribution is -2.35. The van der Waals surface area contributed by atoms with Gasteiger partial charge in [-0.1, -0.05) is 5.16 Å². The van der Waals surface area contributed by atoms with Gasteiger partial charge in [-0.2, -0.15) is 16.3 Å². The zero-order valence-corrected chi connectivity index (χ0v) is 11.3. The quantitative estimate of drug-likeness (QED) is 0.802. The van der Waals surface area contributed by atoms with Crippen molar-refractivity contribution < 1.29 is 9.32 Å². The molecule has 1 aliphatic rings. The fourth-order valence-electron chi connectivity index (χ4n) is 2.37. The van der Waals surface area contributed by atoms with Crippen molar-refractivity contribution in [1.29, 1.82) is 0 Å². The Bertz CT molecular complexity index is 538. The molecule has 1 atom stereocenters. The van der Waals surface area contributed by atoms with E-state index in [9.17, 15) is 4.79 Å². The van der Waals surface area contributed by atoms with Gasteiger partial charge in [0.05, 0.1) is 6.54 Å². The zero-order valence-electron chi connectivity index (χ0n) is 10.5. The standard InChI is InChI=1S/C13H15N3O2S/c17-8-10-2-1-4-16(6-10)7-12-14-13(15-18-12)11-3-5-19-9-11/h3,5,8-10H,1-2,4,6-7H2. The van der Waals surface area contributed by atoms with Crippen molar-refractivity contribution in [3.63, 3.8) is 0 Å². The molecule has 0 aliphatic carbocycles. The molecule has 0 radical (unpaired) electrons. The van der Waals surface area contributed by atoms with Crippen molar-refractivity contribution in [2.75, 3.05) is 13.1 Å². The van der Waals surface area contributed by atoms with Gasteiger partial charge in [0.2, 0.25) is 11.7 Å². The Morgan fingerprint density at radius 3 is 3.32 bits per heavy atom. The van der Waals surface area contributed by atoms with Gasteiger partial charge < -0.3 is 9.32 Å². The van der Waals surface area contributed by atoms with Crippen molar-refractivity contribution in [2.24, 2.45) is 5.92 Å². The second-order valence-corrected chi connectivity index (χ2v) is 5.58. The van der Waals surface area contributed by atoms with Crippen molar-refractivity contribution in [1.82, 2.24) is 15.0 Å². The van der Waals surface area contributed by atoms with Crippen LogP contribution in [0.5, 0.6) is 0 Å². The Morgan fingerprint density at radius 2 is 2.53 bits per heavy atom. The highest BCUT2D eigenvalue weighted by atomic mass is 32.1. The van der Waals surface area contributed by atoms with Gasteiger partial charge in [0.1, 0.15) is 6.29 Å². The molecule has 1 unspecified atom stereocenters. The van der Waals surface area contributed by atoms with E-state index in [0.29, 0.717) is 18.3 Å². The largest absolute Gasteiger partial charge is 0.338 e. The monoisotopic (exact) mass is 277 g/mol. The first-order valence-corrected chi connectivity index (χ1v) is 7.32. The fourth-order valence-corrected chi connectivity index (χ4v) is 3.00. The summed E-state index contributed by atoms with van der Waals surface area (Å²) in [4.78, 5) is 17.4. The topological polar surface area (TPSA) is 59.2 Å². The number of carbonyl (C=O) groups excluding carboxylic acids is 1. The molecule has 3 rings (SSSR count). The third kappa shape index (κ3) is 2.90. The Hall–Kier alpha value is -1.53. The molecule has 5 nitrogen and oxygen atoms in total. The van der Waals surface area contributed by atoms with Gasteiger partial charge in [-0.3, -0.25) is 4.90 Å². The van der Waals surface area contributed by atoms with Crippen LogP contribution in [0.2, 0.25) is 0 Å². The highest BCUT2D eigenvalue weighted by Gasteiger charge is 2.21. The maximum absolute atomic E-state index is 10.8. The summed E-state index contributed by atoms with van der Waals surface area (Å²) in [6.07, 6.45) is 3.09. The number of aldehydes is 1. The van der Waals surface area contributed by atoms with Crippen molar-refractivity contribution in [2.45, 2.75) is 19.4 Å². The van der Waals surface area contributed by atoms with Crippen LogP contribution in [0.3, 0.4) is 0 Å². The van der Waals surface area contributed by atoms with Gasteiger partial charge in [-0.15, -0.1) is 0 Å². The van der Waals surface area contributed by atoms with Crippen LogP contribution < -0.4 is 0 Å². The predicted molar refractivity (Wildman–Crippen MR) is 71.7 cm³/mol. The average molecular weight is 277 g/mol. The van der Waals surface area contributed by atoms with Crippen molar-refractivity contribution in [3.05, 3.63) is 22.7 Å². The van der Waals surface area contributed by atoms with E-state index in [-0.39, 0.29) is 5.92 Å². The number of likely N-dealkylation sites (tertiary alicyclic amines) is 1. The molecule has 0 bridgehead atoms. The van der Waals surface area contributed by atoms with Gasteiger partial charge in [-0.25, -0.2) is 0 Å². The minimum Gasteiger partial charge on any atom is -0.338 e. The summed E-state index contributed by atoms with van der Waals surface area (Å²) in [6.45, 7) is 2.40. The molecular formula is C13H15N3O2S. The van der Waals surface area contributed by atoms with Gasteiger partial charge in [-0.05, 0) is 30.8 Å². The van der Waals surface area contributed by atoms with Gasteiger partial charge in [0, 0.05) is 23.4 Å². The van der Waals surface area contributed by atoms with E-state index in [1.165, 1.54) is 0 Å². The van der Waals surface area contributed by atoms with Crippen LogP contribution in [0.1, 0.15) is 18.7 Å². The van der Waals surface area contributed by atoms with Gasteiger partial charge in [0.25, 0.3) is 0 Å². The number of carbonyl (C=O) groups is 1. The Balaban J connectivity index is 1.65. The minimum absolute atomic E-state index is 0.146. The minimum atomic E-state index is 0.146. The summed E-state index contributed by atoms with van der Waals surface area (Å²) in [5, 5.41) is 7.98. The molecule has 19 heavy (non-hydrogen) atoms. The molecule has 0 N–H and O–H groups in total. The number of hydrogen-bond acceptors (Lipinski definition) is 6. The van der Waals surface area contributed by atoms with Crippen LogP contribution in [0.4, 0.5) is 0 Å². The van der Waals surface area contributed by atoms with Crippen LogP contribution in [0.25, 0.3) is 11.4 Å². The van der Waals surface area contributed by atoms with Crippen LogP contribution in [-0.4, -0.2) is 34.4 Å². The third-order valence-corrected chi connectivity index (χ3v) is 4.02. The summed E-state index contributed by atoms with van der Waals surface area (Å²) in [7, 11) is 0. The highest BCUT2D eigenvalue weighted by Crippen LogP contribution is 2.20. The maximum Gasteiger partial charge on any atom is 0.241 e. The maximum atomic E-state index is 10.8. The van der Waals surface area contributed by atoms with E-state index in [1.54, 1.807) is 11.3 Å². The molecule has 0 spiro atoms. The summed E-state index contributed by atoms with van der Waals surface area (Å²) in [5.74, 6) is 1.40. The van der Waals surface area contributed by atoms with E-state index < -0.39 is 0 Å². The third-order valence-electron chi connectivity index (χ3n) is 3.34. The van der Waals surface area contributed by atoms with E-state index in [1.807, 2.05) is 16.8 Å². The van der Waals surface area contributed by atoms with E-state index >= 15 is 0 Å². The molecule has 6 heteroatoms. The lowest BCUT2D eigenvalue weighted by molar-refractivity contribution is -0.112. The van der Waals surface area contributed by atoms with Crippen molar-refractivity contribution in [3.8, 4) is 11.4 Å². The van der Waals surface area contributed by atoms with Crippen LogP contribution in [0.15, 0.2) is 21.3 Å². The molecule has 0 saturated carbocycles. The second-order valence-electron chi connectivity index (χ2n) is 4.80. The molecule has 2 aromatic rings. The van der Waals surface area contributed by atoms with Crippen LogP contribution in [-0.2, 0) is 11.3 Å². The Morgan fingerprint density at radius 1 is 1.58 bits per heavy atom. The lowest BCUT2D eigenvalue weighted by atomic mass is 10.00. The molecule has 100 valence electrons. The van der Waals surface area contributed by atoms with Crippen molar-refractivity contribution >= 4 is 17.6 Å². The summed E-state index contributed by atoms with van der Waals surface area (Å²) >= 11 is 1.61. The first-order valence-electron chi connectivity index (χ1n) is 6.38. The molecular weight excluding hydrogens is 262 g/mol.